The average Bonchev–Trinajstić information content (AvgIpc) is 3.45. The number of sulfonamides is 1. The van der Waals surface area contributed by atoms with Crippen LogP contribution >= 0.6 is 11.6 Å². The standard InChI is InChI=1S/C24H20ClN3O5S/c25-16-5-8-18(9-6-16)34(30,31)28-21(11-15-13-26-20-4-2-1-3-19(15)20)24(29)27-17-7-10-22-23(12-17)33-14-32-22/h1-10,12-13,21,26,28H,11,14H2,(H,27,29)/t21-/m0/s1. The highest BCUT2D eigenvalue weighted by atomic mass is 35.5. The number of carbonyl (C=O) groups excluding carboxylic acids is 1. The molecule has 174 valence electrons. The van der Waals surface area contributed by atoms with Crippen LogP contribution in [0.1, 0.15) is 5.56 Å². The first-order valence-electron chi connectivity index (χ1n) is 10.4. The minimum absolute atomic E-state index is 0.0108. The van der Waals surface area contributed by atoms with Crippen LogP contribution in [0.15, 0.2) is 77.8 Å². The number of fused-ring (bicyclic) bond motifs is 2. The number of rotatable bonds is 7. The van der Waals surface area contributed by atoms with E-state index in [0.29, 0.717) is 22.2 Å². The first kappa shape index (κ1) is 22.3. The largest absolute Gasteiger partial charge is 0.454 e. The van der Waals surface area contributed by atoms with Gasteiger partial charge in [-0.1, -0.05) is 29.8 Å². The van der Waals surface area contributed by atoms with Gasteiger partial charge in [-0.15, -0.1) is 0 Å². The summed E-state index contributed by atoms with van der Waals surface area (Å²) in [7, 11) is -4.00. The molecule has 0 fully saturated rings. The highest BCUT2D eigenvalue weighted by Gasteiger charge is 2.27. The SMILES string of the molecule is O=C(Nc1ccc2c(c1)OCO2)[C@H](Cc1c[nH]c2ccccc12)NS(=O)(=O)c1ccc(Cl)cc1. The number of aromatic amines is 1. The fourth-order valence-electron chi connectivity index (χ4n) is 3.78. The van der Waals surface area contributed by atoms with Gasteiger partial charge in [-0.25, -0.2) is 8.42 Å². The summed E-state index contributed by atoms with van der Waals surface area (Å²) < 4.78 is 39.4. The van der Waals surface area contributed by atoms with Crippen molar-refractivity contribution in [2.45, 2.75) is 17.4 Å². The fourth-order valence-corrected chi connectivity index (χ4v) is 5.10. The number of halogens is 1. The molecule has 3 N–H and O–H groups in total. The smallest absolute Gasteiger partial charge is 0.242 e. The lowest BCUT2D eigenvalue weighted by Crippen LogP contribution is -2.45. The monoisotopic (exact) mass is 497 g/mol. The van der Waals surface area contributed by atoms with Gasteiger partial charge in [0, 0.05) is 33.9 Å². The molecule has 3 aromatic carbocycles. The van der Waals surface area contributed by atoms with Crippen molar-refractivity contribution >= 4 is 44.1 Å². The van der Waals surface area contributed by atoms with Crippen LogP contribution in [0.3, 0.4) is 0 Å². The zero-order valence-corrected chi connectivity index (χ0v) is 19.3. The van der Waals surface area contributed by atoms with Crippen molar-refractivity contribution in [3.8, 4) is 11.5 Å². The minimum atomic E-state index is -4.00. The molecule has 1 atom stereocenters. The highest BCUT2D eigenvalue weighted by Crippen LogP contribution is 2.34. The van der Waals surface area contributed by atoms with Crippen molar-refractivity contribution in [3.63, 3.8) is 0 Å². The van der Waals surface area contributed by atoms with Crippen molar-refractivity contribution in [2.24, 2.45) is 0 Å². The Kier molecular flexibility index (Phi) is 5.91. The number of anilines is 1. The van der Waals surface area contributed by atoms with E-state index in [-0.39, 0.29) is 18.1 Å². The molecule has 0 spiro atoms. The molecule has 1 amide bonds. The van der Waals surface area contributed by atoms with Gasteiger partial charge in [0.15, 0.2) is 11.5 Å². The number of H-pyrrole nitrogens is 1. The van der Waals surface area contributed by atoms with Crippen LogP contribution in [0.25, 0.3) is 10.9 Å². The van der Waals surface area contributed by atoms with E-state index in [1.165, 1.54) is 24.3 Å². The number of nitrogens with one attached hydrogen (secondary N) is 3. The second-order valence-corrected chi connectivity index (χ2v) is 9.90. The second-order valence-electron chi connectivity index (χ2n) is 7.75. The van der Waals surface area contributed by atoms with Gasteiger partial charge in [-0.2, -0.15) is 4.72 Å². The highest BCUT2D eigenvalue weighted by molar-refractivity contribution is 7.89. The zero-order valence-electron chi connectivity index (χ0n) is 17.7. The zero-order chi connectivity index (χ0) is 23.7. The van der Waals surface area contributed by atoms with Crippen molar-refractivity contribution in [1.29, 1.82) is 0 Å². The Hall–Kier alpha value is -3.53. The first-order valence-corrected chi connectivity index (χ1v) is 12.3. The predicted molar refractivity (Wildman–Crippen MR) is 129 cm³/mol. The Labute approximate surface area is 200 Å². The molecule has 0 unspecified atom stereocenters. The third-order valence-electron chi connectivity index (χ3n) is 5.48. The Morgan fingerprint density at radius 1 is 1.03 bits per heavy atom. The molecule has 0 saturated heterocycles. The molecule has 1 aliphatic rings. The molecule has 4 aromatic rings. The van der Waals surface area contributed by atoms with Gasteiger partial charge >= 0.3 is 0 Å². The number of hydrogen-bond donors (Lipinski definition) is 3. The van der Waals surface area contributed by atoms with Crippen molar-refractivity contribution in [3.05, 3.63) is 83.5 Å². The summed E-state index contributed by atoms with van der Waals surface area (Å²) in [6.45, 7) is 0.108. The van der Waals surface area contributed by atoms with Gasteiger partial charge in [-0.05, 0) is 54.4 Å². The normalized spacial score (nSPS) is 13.7. The average molecular weight is 498 g/mol. The van der Waals surface area contributed by atoms with Gasteiger partial charge in [-0.3, -0.25) is 4.79 Å². The van der Waals surface area contributed by atoms with E-state index in [1.54, 1.807) is 24.4 Å². The predicted octanol–water partition coefficient (Wildman–Crippen LogP) is 4.08. The molecule has 5 rings (SSSR count). The lowest BCUT2D eigenvalue weighted by molar-refractivity contribution is -0.117. The maximum absolute atomic E-state index is 13.3. The van der Waals surface area contributed by atoms with Crippen LogP contribution in [0, 0.1) is 0 Å². The third-order valence-corrected chi connectivity index (χ3v) is 7.22. The summed E-state index contributed by atoms with van der Waals surface area (Å²) in [4.78, 5) is 16.5. The number of benzene rings is 3. The van der Waals surface area contributed by atoms with Gasteiger partial charge < -0.3 is 19.8 Å². The Morgan fingerprint density at radius 2 is 1.79 bits per heavy atom. The van der Waals surface area contributed by atoms with Crippen molar-refractivity contribution < 1.29 is 22.7 Å². The van der Waals surface area contributed by atoms with Crippen LogP contribution < -0.4 is 19.5 Å². The maximum atomic E-state index is 13.3. The number of amides is 1. The Morgan fingerprint density at radius 3 is 2.62 bits per heavy atom. The molecule has 0 bridgehead atoms. The number of carbonyl (C=O) groups is 1. The van der Waals surface area contributed by atoms with Crippen LogP contribution in [-0.2, 0) is 21.2 Å². The summed E-state index contributed by atoms with van der Waals surface area (Å²) in [5.41, 5.74) is 2.16. The molecule has 0 saturated carbocycles. The molecule has 1 aromatic heterocycles. The number of aromatic nitrogens is 1. The summed E-state index contributed by atoms with van der Waals surface area (Å²) in [6.07, 6.45) is 1.91. The molecular formula is C24H20ClN3O5S. The number of ether oxygens (including phenoxy) is 2. The molecule has 2 heterocycles. The quantitative estimate of drug-likeness (QED) is 0.356. The fraction of sp³-hybridized carbons (Fsp3) is 0.125. The van der Waals surface area contributed by atoms with Gasteiger partial charge in [0.1, 0.15) is 6.04 Å². The molecule has 34 heavy (non-hydrogen) atoms. The number of hydrogen-bond acceptors (Lipinski definition) is 5. The van der Waals surface area contributed by atoms with Crippen molar-refractivity contribution in [2.75, 3.05) is 12.1 Å². The summed E-state index contributed by atoms with van der Waals surface area (Å²) in [5.74, 6) is 0.575. The van der Waals surface area contributed by atoms with E-state index in [0.717, 1.165) is 16.5 Å². The topological polar surface area (TPSA) is 110 Å². The molecule has 1 aliphatic heterocycles. The lowest BCUT2D eigenvalue weighted by atomic mass is 10.0. The van der Waals surface area contributed by atoms with E-state index in [4.69, 9.17) is 21.1 Å². The van der Waals surface area contributed by atoms with Crippen LogP contribution in [-0.4, -0.2) is 32.1 Å². The number of para-hydroxylation sites is 1. The second kappa shape index (κ2) is 9.02. The molecule has 10 heteroatoms. The first-order chi connectivity index (χ1) is 16.4. The van der Waals surface area contributed by atoms with Gasteiger partial charge in [0.2, 0.25) is 22.7 Å². The summed E-state index contributed by atoms with van der Waals surface area (Å²) in [6, 6.07) is 17.3. The van der Waals surface area contributed by atoms with E-state index in [2.05, 4.69) is 15.0 Å². The molecule has 0 radical (unpaired) electrons. The van der Waals surface area contributed by atoms with E-state index >= 15 is 0 Å². The van der Waals surface area contributed by atoms with Gasteiger partial charge in [0.25, 0.3) is 0 Å². The van der Waals surface area contributed by atoms with E-state index in [9.17, 15) is 13.2 Å². The molecule has 8 nitrogen and oxygen atoms in total. The summed E-state index contributed by atoms with van der Waals surface area (Å²) in [5, 5.41) is 4.11. The van der Waals surface area contributed by atoms with Crippen molar-refractivity contribution in [1.82, 2.24) is 9.71 Å². The molecule has 0 aliphatic carbocycles. The van der Waals surface area contributed by atoms with E-state index in [1.807, 2.05) is 24.3 Å². The molecular weight excluding hydrogens is 478 g/mol. The minimum Gasteiger partial charge on any atom is -0.454 e. The lowest BCUT2D eigenvalue weighted by Gasteiger charge is -2.19. The van der Waals surface area contributed by atoms with Gasteiger partial charge in [0.05, 0.1) is 4.90 Å². The van der Waals surface area contributed by atoms with E-state index < -0.39 is 22.0 Å². The Bertz CT molecular complexity index is 1470. The maximum Gasteiger partial charge on any atom is 0.242 e. The summed E-state index contributed by atoms with van der Waals surface area (Å²) >= 11 is 5.90. The van der Waals surface area contributed by atoms with Crippen LogP contribution in [0.5, 0.6) is 11.5 Å². The van der Waals surface area contributed by atoms with Crippen LogP contribution in [0.2, 0.25) is 5.02 Å². The third kappa shape index (κ3) is 4.58. The van der Waals surface area contributed by atoms with Crippen LogP contribution in [0.4, 0.5) is 5.69 Å². The Balaban J connectivity index is 1.44.